The number of carbonyl (C=O) groups is 2. The van der Waals surface area contributed by atoms with Crippen molar-refractivity contribution in [3.63, 3.8) is 0 Å². The van der Waals surface area contributed by atoms with Crippen LogP contribution in [0.1, 0.15) is 83.7 Å². The maximum atomic E-state index is 14.5. The number of carbonyl (C=O) groups excluding carboxylic acids is 2. The predicted octanol–water partition coefficient (Wildman–Crippen LogP) is 5.75. The molecule has 1 aliphatic heterocycles. The Labute approximate surface area is 337 Å². The van der Waals surface area contributed by atoms with Crippen LogP contribution < -0.4 is 20.3 Å². The number of aliphatic hydroxyl groups excluding tert-OH is 1. The lowest BCUT2D eigenvalue weighted by Gasteiger charge is -2.62. The molecule has 0 radical (unpaired) electrons. The third-order valence-corrected chi connectivity index (χ3v) is 12.8. The summed E-state index contributed by atoms with van der Waals surface area (Å²) in [4.78, 5) is 41.3. The maximum absolute atomic E-state index is 14.5. The van der Waals surface area contributed by atoms with E-state index in [4.69, 9.17) is 9.57 Å². The Hall–Kier alpha value is -3.22. The van der Waals surface area contributed by atoms with Gasteiger partial charge in [-0.25, -0.2) is 0 Å². The summed E-state index contributed by atoms with van der Waals surface area (Å²) in [6, 6.07) is 11.3. The molecule has 2 amide bonds. The molecule has 2 aromatic rings. The number of aliphatic hydroxyl groups is 1. The first-order valence-corrected chi connectivity index (χ1v) is 20.6. The summed E-state index contributed by atoms with van der Waals surface area (Å²) < 4.78 is 6.18. The molecule has 4 fully saturated rings. The number of fused-ring (bicyclic) bond motifs is 2. The number of benzene rings is 2. The first-order chi connectivity index (χ1) is 26.1. The monoisotopic (exact) mass is 777 g/mol. The summed E-state index contributed by atoms with van der Waals surface area (Å²) >= 11 is 0. The van der Waals surface area contributed by atoms with Crippen LogP contribution in [0.25, 0.3) is 11.1 Å². The van der Waals surface area contributed by atoms with Crippen LogP contribution in [0.3, 0.4) is 0 Å². The van der Waals surface area contributed by atoms with Crippen LogP contribution in [0.15, 0.2) is 36.4 Å². The van der Waals surface area contributed by atoms with Gasteiger partial charge >= 0.3 is 0 Å². The predicted molar refractivity (Wildman–Crippen MR) is 226 cm³/mol. The van der Waals surface area contributed by atoms with Crippen molar-refractivity contribution in [1.29, 1.82) is 0 Å². The minimum atomic E-state index is -0.774. The van der Waals surface area contributed by atoms with Crippen molar-refractivity contribution in [2.75, 3.05) is 67.4 Å². The molecule has 4 aliphatic rings. The topological polar surface area (TPSA) is 110 Å². The maximum Gasteiger partial charge on any atom is 0.251 e. The number of amides is 2. The number of ether oxygens (including phenoxy) is 1. The van der Waals surface area contributed by atoms with Gasteiger partial charge in [0.15, 0.2) is 0 Å². The van der Waals surface area contributed by atoms with Gasteiger partial charge < -0.3 is 35.2 Å². The van der Waals surface area contributed by atoms with Gasteiger partial charge in [0.2, 0.25) is 5.91 Å². The summed E-state index contributed by atoms with van der Waals surface area (Å²) in [5.74, 6) is 1.54. The van der Waals surface area contributed by atoms with E-state index in [0.717, 1.165) is 41.8 Å². The van der Waals surface area contributed by atoms with Crippen LogP contribution >= 0.6 is 0 Å². The molecule has 3 aliphatic carbocycles. The molecule has 0 spiro atoms. The number of rotatable bonds is 15. The van der Waals surface area contributed by atoms with E-state index in [-0.39, 0.29) is 35.9 Å². The van der Waals surface area contributed by atoms with Crippen LogP contribution in [0.4, 0.5) is 5.69 Å². The normalized spacial score (nSPS) is 27.1. The lowest BCUT2D eigenvalue weighted by molar-refractivity contribution is -0.179. The summed E-state index contributed by atoms with van der Waals surface area (Å²) in [5.41, 5.74) is 4.33. The Morgan fingerprint density at radius 3 is 2.30 bits per heavy atom. The van der Waals surface area contributed by atoms with Gasteiger partial charge in [0.1, 0.15) is 11.8 Å². The highest BCUT2D eigenvalue weighted by atomic mass is 16.7. The lowest BCUT2D eigenvalue weighted by Crippen LogP contribution is -2.62. The molecular weight excluding hydrogens is 705 g/mol. The Bertz CT molecular complexity index is 1690. The molecule has 6 rings (SSSR count). The zero-order valence-electron chi connectivity index (χ0n) is 36.8. The summed E-state index contributed by atoms with van der Waals surface area (Å²) in [5, 5.41) is 19.8. The van der Waals surface area contributed by atoms with Gasteiger partial charge in [-0.05, 0) is 107 Å². The molecule has 9 atom stereocenters. The van der Waals surface area contributed by atoms with Gasteiger partial charge in [-0.2, -0.15) is 5.06 Å². The van der Waals surface area contributed by atoms with Gasteiger partial charge in [-0.15, -0.1) is 0 Å². The highest BCUT2D eigenvalue weighted by molar-refractivity contribution is 5.97. The zero-order valence-corrected chi connectivity index (χ0v) is 36.8. The molecule has 1 heterocycles. The summed E-state index contributed by atoms with van der Waals surface area (Å²) in [6.07, 6.45) is 1.88. The number of para-hydroxylation sites is 1. The van der Waals surface area contributed by atoms with Gasteiger partial charge in [-0.1, -0.05) is 59.7 Å². The van der Waals surface area contributed by atoms with Gasteiger partial charge in [-0.3, -0.25) is 14.4 Å². The number of likely N-dealkylation sites (N-methyl/N-ethyl adjacent to an activating group) is 2. The number of hydrogen-bond donors (Lipinski definition) is 3. The lowest BCUT2D eigenvalue weighted by atomic mass is 9.45. The average Bonchev–Trinajstić information content (AvgIpc) is 3.44. The van der Waals surface area contributed by atoms with Crippen LogP contribution in [-0.2, 0) is 16.2 Å². The number of anilines is 1. The van der Waals surface area contributed by atoms with Crippen molar-refractivity contribution in [2.24, 2.45) is 34.5 Å². The number of nitrogens with zero attached hydrogens (tertiary/aromatic N) is 4. The zero-order chi connectivity index (χ0) is 41.4. The van der Waals surface area contributed by atoms with Crippen molar-refractivity contribution in [2.45, 2.75) is 105 Å². The van der Waals surface area contributed by atoms with Crippen LogP contribution in [0.5, 0.6) is 5.75 Å². The quantitative estimate of drug-likeness (QED) is 0.208. The van der Waals surface area contributed by atoms with E-state index >= 15 is 0 Å². The van der Waals surface area contributed by atoms with Gasteiger partial charge in [0.05, 0.1) is 25.9 Å². The number of hydrogen-bond acceptors (Lipinski definition) is 9. The van der Waals surface area contributed by atoms with Gasteiger partial charge in [0, 0.05) is 67.6 Å². The number of hydroxylamine groups is 2. The van der Waals surface area contributed by atoms with Crippen molar-refractivity contribution in [3.8, 4) is 16.9 Å². The summed E-state index contributed by atoms with van der Waals surface area (Å²) in [7, 11) is 13.6. The minimum Gasteiger partial charge on any atom is -0.496 e. The Morgan fingerprint density at radius 2 is 1.75 bits per heavy atom. The molecule has 312 valence electrons. The van der Waals surface area contributed by atoms with Crippen molar-refractivity contribution in [1.82, 2.24) is 25.5 Å². The van der Waals surface area contributed by atoms with Crippen molar-refractivity contribution >= 4 is 17.5 Å². The smallest absolute Gasteiger partial charge is 0.251 e. The fourth-order valence-corrected chi connectivity index (χ4v) is 9.96. The van der Waals surface area contributed by atoms with E-state index < -0.39 is 24.2 Å². The van der Waals surface area contributed by atoms with Crippen LogP contribution in [0, 0.1) is 34.5 Å². The number of nitrogens with one attached hydrogen (secondary N) is 2. The molecule has 3 saturated carbocycles. The van der Waals surface area contributed by atoms with E-state index in [1.807, 2.05) is 82.4 Å². The molecular formula is C45H72N6O5. The molecule has 2 bridgehead atoms. The van der Waals surface area contributed by atoms with Crippen molar-refractivity contribution < 1.29 is 24.3 Å². The second kappa shape index (κ2) is 17.3. The number of methoxy groups -OCH3 is 1. The van der Waals surface area contributed by atoms with E-state index in [0.29, 0.717) is 41.0 Å². The second-order valence-electron chi connectivity index (χ2n) is 19.7. The fourth-order valence-electron chi connectivity index (χ4n) is 9.96. The first kappa shape index (κ1) is 43.9. The first-order valence-electron chi connectivity index (χ1n) is 20.6. The third kappa shape index (κ3) is 9.72. The SMILES string of the molecule is COc1c(CN2O[C@@H](CN(C)C)[C@@H]([C@H](C)O)[C@H]2C(=O)N[C@H]2C[C@H]3C[C@@H]([C@@H]2C)C3(C)C)cccc1-c1cc(C(=O)NC(CN(C)C)CC(C)(C)C)cc(N(C)C)c1. The molecule has 1 unspecified atom stereocenters. The minimum absolute atomic E-state index is 0.0203. The Balaban J connectivity index is 1.47. The molecule has 1 saturated heterocycles. The largest absolute Gasteiger partial charge is 0.496 e. The van der Waals surface area contributed by atoms with Crippen LogP contribution in [-0.4, -0.2) is 125 Å². The van der Waals surface area contributed by atoms with E-state index in [1.165, 1.54) is 6.42 Å². The molecule has 56 heavy (non-hydrogen) atoms. The highest BCUT2D eigenvalue weighted by Gasteiger charge is 2.57. The molecule has 11 nitrogen and oxygen atoms in total. The summed E-state index contributed by atoms with van der Waals surface area (Å²) in [6.45, 7) is 16.9. The molecule has 2 aromatic carbocycles. The van der Waals surface area contributed by atoms with E-state index in [9.17, 15) is 14.7 Å². The van der Waals surface area contributed by atoms with Gasteiger partial charge in [0.25, 0.3) is 5.91 Å². The Morgan fingerprint density at radius 1 is 1.05 bits per heavy atom. The highest BCUT2D eigenvalue weighted by Crippen LogP contribution is 2.61. The fraction of sp³-hybridized carbons (Fsp3) is 0.689. The van der Waals surface area contributed by atoms with Crippen LogP contribution in [0.2, 0.25) is 0 Å². The molecule has 0 aromatic heterocycles. The van der Waals surface area contributed by atoms with E-state index in [2.05, 4.69) is 63.1 Å². The molecule has 11 heteroatoms. The third-order valence-electron chi connectivity index (χ3n) is 12.8. The Kier molecular flexibility index (Phi) is 13.6. The second-order valence-corrected chi connectivity index (χ2v) is 19.7. The van der Waals surface area contributed by atoms with E-state index in [1.54, 1.807) is 19.1 Å². The standard InChI is InChI=1S/C45H72N6O5/c1-27-36-21-32(45(36,6)7)22-37(27)47-43(54)40-39(28(2)52)38(26-49(10)11)56-51(40)24-29-16-15-17-35(41(29)55-14)30-18-31(20-34(19-30)50(12)13)42(53)46-33(25-48(8)9)23-44(3,4)5/h15-20,27-28,32-33,36-40,52H,21-26H2,1-14H3,(H,46,53)(H,47,54)/t27-,28-,32+,33?,36-,37-,38-,39+,40-/m0/s1. The average molecular weight is 777 g/mol. The molecule has 3 N–H and O–H groups in total. The van der Waals surface area contributed by atoms with Crippen molar-refractivity contribution in [3.05, 3.63) is 47.5 Å².